The Kier molecular flexibility index (Phi) is 6.49. The molecule has 0 aliphatic carbocycles. The Morgan fingerprint density at radius 3 is 2.47 bits per heavy atom. The third-order valence-corrected chi connectivity index (χ3v) is 8.06. The van der Waals surface area contributed by atoms with Gasteiger partial charge in [0.2, 0.25) is 15.9 Å². The van der Waals surface area contributed by atoms with Gasteiger partial charge in [0.05, 0.1) is 10.9 Å². The van der Waals surface area contributed by atoms with Gasteiger partial charge in [0.15, 0.2) is 0 Å². The maximum absolute atomic E-state index is 12.8. The fraction of sp³-hybridized carbons (Fsp3) is 0.478. The summed E-state index contributed by atoms with van der Waals surface area (Å²) in [5.74, 6) is 0.145. The van der Waals surface area contributed by atoms with E-state index >= 15 is 0 Å². The van der Waals surface area contributed by atoms with E-state index < -0.39 is 10.0 Å². The van der Waals surface area contributed by atoms with Crippen LogP contribution in [0.2, 0.25) is 0 Å². The molecule has 0 radical (unpaired) electrons. The van der Waals surface area contributed by atoms with E-state index in [9.17, 15) is 13.2 Å². The number of carbonyl (C=O) groups excluding carboxylic acids is 1. The number of nitrogens with zero attached hydrogens (tertiary/aromatic N) is 3. The van der Waals surface area contributed by atoms with E-state index in [1.807, 2.05) is 35.4 Å². The quantitative estimate of drug-likeness (QED) is 0.707. The van der Waals surface area contributed by atoms with Gasteiger partial charge in [0, 0.05) is 38.4 Å². The van der Waals surface area contributed by atoms with E-state index in [1.54, 1.807) is 22.6 Å². The third kappa shape index (κ3) is 4.57. The number of amides is 1. The average molecular weight is 428 g/mol. The first-order valence-corrected chi connectivity index (χ1v) is 12.3. The number of carbonyl (C=O) groups is 1. The summed E-state index contributed by atoms with van der Waals surface area (Å²) in [6.07, 6.45) is 9.56. The van der Waals surface area contributed by atoms with Crippen LogP contribution in [0.5, 0.6) is 0 Å². The molecule has 1 aromatic heterocycles. The van der Waals surface area contributed by atoms with Crippen LogP contribution in [0.4, 0.5) is 0 Å². The Morgan fingerprint density at radius 2 is 1.77 bits per heavy atom. The minimum atomic E-state index is -3.41. The zero-order valence-electron chi connectivity index (χ0n) is 17.2. The lowest BCUT2D eigenvalue weighted by molar-refractivity contribution is -0.132. The first kappa shape index (κ1) is 21.0. The number of aryl methyl sites for hydroxylation is 1. The summed E-state index contributed by atoms with van der Waals surface area (Å²) in [6.45, 7) is 1.99. The lowest BCUT2D eigenvalue weighted by Gasteiger charge is -2.26. The Balaban J connectivity index is 1.36. The van der Waals surface area contributed by atoms with Crippen molar-refractivity contribution < 1.29 is 13.2 Å². The van der Waals surface area contributed by atoms with Gasteiger partial charge in [0.1, 0.15) is 0 Å². The molecule has 2 aromatic rings. The molecule has 3 heterocycles. The monoisotopic (exact) mass is 427 g/mol. The van der Waals surface area contributed by atoms with Crippen LogP contribution in [0.25, 0.3) is 0 Å². The van der Waals surface area contributed by atoms with Gasteiger partial charge >= 0.3 is 0 Å². The summed E-state index contributed by atoms with van der Waals surface area (Å²) in [6, 6.07) is 11.1. The first-order chi connectivity index (χ1) is 14.6. The van der Waals surface area contributed by atoms with Crippen molar-refractivity contribution in [3.63, 3.8) is 0 Å². The van der Waals surface area contributed by atoms with Gasteiger partial charge < -0.3 is 4.90 Å². The van der Waals surface area contributed by atoms with Crippen molar-refractivity contribution in [3.05, 3.63) is 59.9 Å². The number of pyridine rings is 1. The first-order valence-electron chi connectivity index (χ1n) is 10.8. The van der Waals surface area contributed by atoms with Crippen molar-refractivity contribution in [2.24, 2.45) is 0 Å². The zero-order chi connectivity index (χ0) is 21.0. The molecule has 7 heteroatoms. The predicted molar refractivity (Wildman–Crippen MR) is 115 cm³/mol. The lowest BCUT2D eigenvalue weighted by atomic mass is 10.1. The molecule has 1 amide bonds. The molecule has 2 saturated heterocycles. The highest BCUT2D eigenvalue weighted by atomic mass is 32.2. The maximum atomic E-state index is 12.8. The number of rotatable bonds is 6. The van der Waals surface area contributed by atoms with E-state index in [2.05, 4.69) is 4.98 Å². The number of likely N-dealkylation sites (tertiary alicyclic amines) is 1. The van der Waals surface area contributed by atoms with Crippen LogP contribution in [0.15, 0.2) is 53.7 Å². The molecular weight excluding hydrogens is 398 g/mol. The summed E-state index contributed by atoms with van der Waals surface area (Å²) in [5.41, 5.74) is 2.08. The molecular formula is C23H29N3O3S. The molecule has 6 nitrogen and oxygen atoms in total. The van der Waals surface area contributed by atoms with Crippen molar-refractivity contribution in [1.29, 1.82) is 0 Å². The number of benzene rings is 1. The van der Waals surface area contributed by atoms with Crippen molar-refractivity contribution in [2.45, 2.75) is 55.9 Å². The summed E-state index contributed by atoms with van der Waals surface area (Å²) in [7, 11) is -3.41. The van der Waals surface area contributed by atoms with Gasteiger partial charge in [-0.25, -0.2) is 8.42 Å². The van der Waals surface area contributed by atoms with Crippen LogP contribution >= 0.6 is 0 Å². The minimum Gasteiger partial charge on any atom is -0.336 e. The van der Waals surface area contributed by atoms with Crippen LogP contribution in [0.1, 0.15) is 55.7 Å². The Hall–Kier alpha value is -2.25. The number of aromatic nitrogens is 1. The normalized spacial score (nSPS) is 20.4. The Bertz CT molecular complexity index is 955. The highest BCUT2D eigenvalue weighted by Gasteiger charge is 2.30. The van der Waals surface area contributed by atoms with Crippen LogP contribution in [-0.4, -0.2) is 48.1 Å². The van der Waals surface area contributed by atoms with E-state index in [0.29, 0.717) is 30.8 Å². The van der Waals surface area contributed by atoms with Gasteiger partial charge in [-0.15, -0.1) is 0 Å². The number of hydrogen-bond donors (Lipinski definition) is 0. The smallest absolute Gasteiger partial charge is 0.243 e. The van der Waals surface area contributed by atoms with Crippen LogP contribution < -0.4 is 0 Å². The SMILES string of the molecule is O=C(CCc1ccc(S(=O)(=O)N2CCCCC2)cc1)N1CCC[C@@H]1c1cccnc1. The molecule has 0 bridgehead atoms. The van der Waals surface area contributed by atoms with Gasteiger partial charge in [-0.1, -0.05) is 24.6 Å². The highest BCUT2D eigenvalue weighted by Crippen LogP contribution is 2.32. The molecule has 1 aromatic carbocycles. The fourth-order valence-corrected chi connectivity index (χ4v) is 5.98. The summed E-state index contributed by atoms with van der Waals surface area (Å²) >= 11 is 0. The summed E-state index contributed by atoms with van der Waals surface area (Å²) in [4.78, 5) is 19.3. The average Bonchev–Trinajstić information content (AvgIpc) is 3.29. The molecule has 2 aliphatic rings. The van der Waals surface area contributed by atoms with Gasteiger partial charge in [-0.3, -0.25) is 9.78 Å². The Labute approximate surface area is 179 Å². The highest BCUT2D eigenvalue weighted by molar-refractivity contribution is 7.89. The van der Waals surface area contributed by atoms with Crippen molar-refractivity contribution in [1.82, 2.24) is 14.2 Å². The molecule has 0 N–H and O–H groups in total. The molecule has 30 heavy (non-hydrogen) atoms. The second-order valence-corrected chi connectivity index (χ2v) is 10.1. The van der Waals surface area contributed by atoms with E-state index in [1.165, 1.54) is 0 Å². The molecule has 2 fully saturated rings. The van der Waals surface area contributed by atoms with E-state index in [4.69, 9.17) is 0 Å². The molecule has 1 atom stereocenters. The van der Waals surface area contributed by atoms with Crippen molar-refractivity contribution >= 4 is 15.9 Å². The van der Waals surface area contributed by atoms with Gasteiger partial charge in [-0.2, -0.15) is 4.31 Å². The predicted octanol–water partition coefficient (Wildman–Crippen LogP) is 3.55. The molecule has 0 unspecified atom stereocenters. The van der Waals surface area contributed by atoms with Gasteiger partial charge in [0.25, 0.3) is 0 Å². The third-order valence-electron chi connectivity index (χ3n) is 6.15. The standard InChI is InChI=1S/C23H29N3O3S/c27-23(26-17-5-7-22(26)20-6-4-14-24-18-20)13-10-19-8-11-21(12-9-19)30(28,29)25-15-2-1-3-16-25/h4,6,8-9,11-12,14,18,22H,1-3,5,7,10,13,15-17H2/t22-/m1/s1. The molecule has 160 valence electrons. The maximum Gasteiger partial charge on any atom is 0.243 e. The largest absolute Gasteiger partial charge is 0.336 e. The van der Waals surface area contributed by atoms with E-state index in [-0.39, 0.29) is 11.9 Å². The molecule has 2 aliphatic heterocycles. The molecule has 0 spiro atoms. The Morgan fingerprint density at radius 1 is 1.00 bits per heavy atom. The minimum absolute atomic E-state index is 0.114. The number of piperidine rings is 1. The lowest BCUT2D eigenvalue weighted by Crippen LogP contribution is -2.35. The second kappa shape index (κ2) is 9.27. The molecule has 4 rings (SSSR count). The fourth-order valence-electron chi connectivity index (χ4n) is 4.46. The van der Waals surface area contributed by atoms with Crippen LogP contribution in [-0.2, 0) is 21.2 Å². The van der Waals surface area contributed by atoms with Crippen LogP contribution in [0.3, 0.4) is 0 Å². The van der Waals surface area contributed by atoms with Crippen molar-refractivity contribution in [2.75, 3.05) is 19.6 Å². The number of sulfonamides is 1. The number of hydrogen-bond acceptors (Lipinski definition) is 4. The zero-order valence-corrected chi connectivity index (χ0v) is 18.1. The topological polar surface area (TPSA) is 70.6 Å². The second-order valence-electron chi connectivity index (χ2n) is 8.14. The molecule has 0 saturated carbocycles. The van der Waals surface area contributed by atoms with E-state index in [0.717, 1.165) is 49.8 Å². The van der Waals surface area contributed by atoms with Crippen LogP contribution in [0, 0.1) is 0 Å². The van der Waals surface area contributed by atoms with Crippen molar-refractivity contribution in [3.8, 4) is 0 Å². The summed E-state index contributed by atoms with van der Waals surface area (Å²) in [5, 5.41) is 0. The summed E-state index contributed by atoms with van der Waals surface area (Å²) < 4.78 is 27.1. The van der Waals surface area contributed by atoms with Gasteiger partial charge in [-0.05, 0) is 61.4 Å².